The lowest BCUT2D eigenvalue weighted by Crippen LogP contribution is -2.29. The van der Waals surface area contributed by atoms with E-state index in [1.807, 2.05) is 56.7 Å². The van der Waals surface area contributed by atoms with Crippen LogP contribution in [-0.2, 0) is 0 Å². The zero-order valence-electron chi connectivity index (χ0n) is 20.3. The second-order valence-corrected chi connectivity index (χ2v) is 9.44. The summed E-state index contributed by atoms with van der Waals surface area (Å²) >= 11 is 5.89. The Morgan fingerprint density at radius 3 is 2.34 bits per heavy atom. The number of rotatable bonds is 5. The van der Waals surface area contributed by atoms with Gasteiger partial charge in [0, 0.05) is 43.1 Å². The van der Waals surface area contributed by atoms with Gasteiger partial charge in [-0.05, 0) is 86.2 Å². The lowest BCUT2D eigenvalue weighted by atomic mass is 9.96. The predicted molar refractivity (Wildman–Crippen MR) is 146 cm³/mol. The highest BCUT2D eigenvalue weighted by molar-refractivity contribution is 7.80. The number of aromatic nitrogens is 2. The first-order chi connectivity index (χ1) is 16.9. The Balaban J connectivity index is 1.67. The van der Waals surface area contributed by atoms with Crippen molar-refractivity contribution in [2.45, 2.75) is 25.9 Å². The first kappa shape index (κ1) is 22.9. The molecule has 5 rings (SSSR count). The topological polar surface area (TPSA) is 56.6 Å². The van der Waals surface area contributed by atoms with Crippen LogP contribution >= 0.6 is 12.2 Å². The van der Waals surface area contributed by atoms with E-state index in [1.54, 1.807) is 6.07 Å². The molecule has 0 bridgehead atoms. The van der Waals surface area contributed by atoms with Crippen molar-refractivity contribution in [2.75, 3.05) is 23.9 Å². The van der Waals surface area contributed by atoms with E-state index < -0.39 is 0 Å². The van der Waals surface area contributed by atoms with Gasteiger partial charge in [0.15, 0.2) is 5.11 Å². The van der Waals surface area contributed by atoms with E-state index in [-0.39, 0.29) is 17.8 Å². The van der Waals surface area contributed by atoms with E-state index >= 15 is 0 Å². The number of nitrogens with zero attached hydrogens (tertiary/aromatic N) is 4. The average molecular weight is 484 g/mol. The summed E-state index contributed by atoms with van der Waals surface area (Å²) in [5.41, 5.74) is 7.06. The molecule has 7 heteroatoms. The number of para-hydroxylation sites is 2. The Morgan fingerprint density at radius 1 is 0.971 bits per heavy atom. The SMILES string of the molecule is Cc1cc([C@H]2[C@@H](c3ccccn3)NC(=S)N2c2ccc(N(C)C)cc2)c(C)n1-c1ccccc1O. The number of thiocarbonyl (C=S) groups is 1. The second-order valence-electron chi connectivity index (χ2n) is 9.06. The molecule has 2 atom stereocenters. The molecule has 0 radical (unpaired) electrons. The van der Waals surface area contributed by atoms with E-state index in [2.05, 4.69) is 68.8 Å². The monoisotopic (exact) mass is 483 g/mol. The van der Waals surface area contributed by atoms with Crippen LogP contribution in [0.4, 0.5) is 11.4 Å². The Hall–Kier alpha value is -3.84. The third-order valence-electron chi connectivity index (χ3n) is 6.65. The predicted octanol–water partition coefficient (Wildman–Crippen LogP) is 5.44. The van der Waals surface area contributed by atoms with Gasteiger partial charge in [-0.2, -0.15) is 0 Å². The fraction of sp³-hybridized carbons (Fsp3) is 0.214. The maximum atomic E-state index is 10.6. The van der Waals surface area contributed by atoms with Gasteiger partial charge in [0.2, 0.25) is 0 Å². The number of pyridine rings is 1. The zero-order chi connectivity index (χ0) is 24.7. The van der Waals surface area contributed by atoms with Gasteiger partial charge < -0.3 is 24.8 Å². The van der Waals surface area contributed by atoms with Gasteiger partial charge in [0.1, 0.15) is 5.75 Å². The fourth-order valence-corrected chi connectivity index (χ4v) is 5.32. The molecule has 1 aliphatic heterocycles. The van der Waals surface area contributed by atoms with E-state index in [4.69, 9.17) is 12.2 Å². The number of phenols is 1. The van der Waals surface area contributed by atoms with Crippen molar-refractivity contribution >= 4 is 28.7 Å². The first-order valence-corrected chi connectivity index (χ1v) is 12.0. The smallest absolute Gasteiger partial charge is 0.174 e. The number of benzene rings is 2. The van der Waals surface area contributed by atoms with Gasteiger partial charge in [0.25, 0.3) is 0 Å². The Bertz CT molecular complexity index is 1360. The maximum absolute atomic E-state index is 10.6. The molecule has 35 heavy (non-hydrogen) atoms. The summed E-state index contributed by atoms with van der Waals surface area (Å²) in [6.45, 7) is 4.16. The molecule has 0 amide bonds. The van der Waals surface area contributed by atoms with Crippen LogP contribution in [0, 0.1) is 13.8 Å². The molecule has 0 unspecified atom stereocenters. The molecule has 0 spiro atoms. The largest absolute Gasteiger partial charge is 0.506 e. The molecule has 1 aliphatic rings. The van der Waals surface area contributed by atoms with Crippen LogP contribution in [0.1, 0.15) is 34.7 Å². The van der Waals surface area contributed by atoms with Crippen molar-refractivity contribution in [1.29, 1.82) is 0 Å². The minimum Gasteiger partial charge on any atom is -0.506 e. The van der Waals surface area contributed by atoms with Gasteiger partial charge >= 0.3 is 0 Å². The lowest BCUT2D eigenvalue weighted by Gasteiger charge is -2.28. The number of aryl methyl sites for hydroxylation is 1. The number of aromatic hydroxyl groups is 1. The standard InChI is InChI=1S/C28H29N5OS/c1-18-17-22(19(2)32(18)24-10-5-6-11-25(24)34)27-26(23-9-7-8-16-29-23)30-28(35)33(27)21-14-12-20(13-15-21)31(3)4/h5-17,26-27,34H,1-4H3,(H,30,35)/t26-,27+/m1/s1. The minimum atomic E-state index is -0.129. The molecular formula is C28H29N5OS. The quantitative estimate of drug-likeness (QED) is 0.369. The summed E-state index contributed by atoms with van der Waals surface area (Å²) in [7, 11) is 4.07. The van der Waals surface area contributed by atoms with Gasteiger partial charge in [-0.3, -0.25) is 4.98 Å². The number of hydrogen-bond donors (Lipinski definition) is 2. The van der Waals surface area contributed by atoms with Gasteiger partial charge in [-0.1, -0.05) is 18.2 Å². The third-order valence-corrected chi connectivity index (χ3v) is 6.97. The molecule has 4 aromatic rings. The first-order valence-electron chi connectivity index (χ1n) is 11.6. The summed E-state index contributed by atoms with van der Waals surface area (Å²) in [4.78, 5) is 8.93. The second kappa shape index (κ2) is 9.07. The van der Waals surface area contributed by atoms with Crippen molar-refractivity contribution in [3.05, 3.63) is 102 Å². The highest BCUT2D eigenvalue weighted by Crippen LogP contribution is 2.44. The van der Waals surface area contributed by atoms with Crippen LogP contribution in [0.2, 0.25) is 0 Å². The summed E-state index contributed by atoms with van der Waals surface area (Å²) in [5, 5.41) is 14.8. The van der Waals surface area contributed by atoms with Crippen molar-refractivity contribution in [1.82, 2.24) is 14.9 Å². The van der Waals surface area contributed by atoms with E-state index in [1.165, 1.54) is 0 Å². The molecule has 6 nitrogen and oxygen atoms in total. The van der Waals surface area contributed by atoms with Crippen molar-refractivity contribution in [2.24, 2.45) is 0 Å². The molecular weight excluding hydrogens is 454 g/mol. The van der Waals surface area contributed by atoms with Crippen molar-refractivity contribution in [3.63, 3.8) is 0 Å². The summed E-state index contributed by atoms with van der Waals surface area (Å²) in [6, 6.07) is 23.8. The third kappa shape index (κ3) is 4.02. The Kier molecular flexibility index (Phi) is 5.94. The van der Waals surface area contributed by atoms with Gasteiger partial charge in [-0.15, -0.1) is 0 Å². The molecule has 1 fully saturated rings. The van der Waals surface area contributed by atoms with Crippen molar-refractivity contribution in [3.8, 4) is 11.4 Å². The number of phenolic OH excluding ortho intramolecular Hbond substituents is 1. The van der Waals surface area contributed by atoms with Crippen LogP contribution in [0.25, 0.3) is 5.69 Å². The average Bonchev–Trinajstić information content (AvgIpc) is 3.35. The van der Waals surface area contributed by atoms with Crippen molar-refractivity contribution < 1.29 is 5.11 Å². The number of nitrogens with one attached hydrogen (secondary N) is 1. The van der Waals surface area contributed by atoms with Crippen LogP contribution in [0.15, 0.2) is 79.0 Å². The molecule has 2 aromatic carbocycles. The zero-order valence-corrected chi connectivity index (χ0v) is 21.1. The summed E-state index contributed by atoms with van der Waals surface area (Å²) < 4.78 is 2.11. The van der Waals surface area contributed by atoms with E-state index in [0.717, 1.165) is 39.7 Å². The lowest BCUT2D eigenvalue weighted by molar-refractivity contribution is 0.471. The Labute approximate surface area is 211 Å². The number of anilines is 2. The van der Waals surface area contributed by atoms with Gasteiger partial charge in [0.05, 0.1) is 23.5 Å². The summed E-state index contributed by atoms with van der Waals surface area (Å²) in [5.74, 6) is 0.248. The van der Waals surface area contributed by atoms with Crippen LogP contribution in [0.3, 0.4) is 0 Å². The molecule has 178 valence electrons. The maximum Gasteiger partial charge on any atom is 0.174 e. The van der Waals surface area contributed by atoms with Gasteiger partial charge in [-0.25, -0.2) is 0 Å². The molecule has 2 aromatic heterocycles. The normalized spacial score (nSPS) is 17.5. The molecule has 1 saturated heterocycles. The summed E-state index contributed by atoms with van der Waals surface area (Å²) in [6.07, 6.45) is 1.82. The molecule has 2 N–H and O–H groups in total. The highest BCUT2D eigenvalue weighted by Gasteiger charge is 2.42. The van der Waals surface area contributed by atoms with Crippen LogP contribution in [0.5, 0.6) is 5.75 Å². The molecule has 0 aliphatic carbocycles. The highest BCUT2D eigenvalue weighted by atomic mass is 32.1. The number of hydrogen-bond acceptors (Lipinski definition) is 4. The van der Waals surface area contributed by atoms with E-state index in [9.17, 15) is 5.11 Å². The molecule has 3 heterocycles. The fourth-order valence-electron chi connectivity index (χ4n) is 4.97. The molecule has 0 saturated carbocycles. The van der Waals surface area contributed by atoms with Crippen LogP contribution in [-0.4, -0.2) is 33.9 Å². The van der Waals surface area contributed by atoms with Crippen LogP contribution < -0.4 is 15.1 Å². The minimum absolute atomic E-state index is 0.117. The Morgan fingerprint density at radius 2 is 1.69 bits per heavy atom. The van der Waals surface area contributed by atoms with E-state index in [0.29, 0.717) is 5.11 Å².